The molecule has 0 unspecified atom stereocenters. The molecule has 1 fully saturated rings. The first-order valence-electron chi connectivity index (χ1n) is 9.45. The van der Waals surface area contributed by atoms with Crippen LogP contribution in [0.4, 0.5) is 0 Å². The van der Waals surface area contributed by atoms with Gasteiger partial charge in [-0.2, -0.15) is 5.26 Å². The number of aromatic nitrogens is 3. The molecule has 7 heteroatoms. The Bertz CT molecular complexity index is 792. The molecule has 1 aliphatic rings. The molecule has 0 bridgehead atoms. The second-order valence-corrected chi connectivity index (χ2v) is 7.79. The fraction of sp³-hybridized carbons (Fsp3) is 0.500. The monoisotopic (exact) mass is 383 g/mol. The van der Waals surface area contributed by atoms with E-state index in [0.29, 0.717) is 24.0 Å². The van der Waals surface area contributed by atoms with E-state index in [2.05, 4.69) is 6.07 Å². The van der Waals surface area contributed by atoms with Gasteiger partial charge in [-0.1, -0.05) is 49.2 Å². The van der Waals surface area contributed by atoms with Gasteiger partial charge in [0.15, 0.2) is 0 Å². The number of rotatable bonds is 7. The normalized spacial score (nSPS) is 14.7. The van der Waals surface area contributed by atoms with Crippen molar-refractivity contribution in [2.45, 2.75) is 49.6 Å². The topological polar surface area (TPSA) is 74.8 Å². The van der Waals surface area contributed by atoms with Gasteiger partial charge < -0.3 is 4.90 Å². The number of carbonyl (C=O) groups excluding carboxylic acids is 1. The lowest BCUT2D eigenvalue weighted by Crippen LogP contribution is -2.29. The Balaban J connectivity index is 1.75. The quantitative estimate of drug-likeness (QED) is 0.680. The highest BCUT2D eigenvalue weighted by Crippen LogP contribution is 2.33. The second-order valence-electron chi connectivity index (χ2n) is 6.85. The Hall–Kier alpha value is -2.33. The molecule has 3 rings (SSSR count). The molecule has 2 aromatic rings. The van der Waals surface area contributed by atoms with Crippen LogP contribution in [-0.4, -0.2) is 44.9 Å². The number of para-hydroxylation sites is 1. The van der Waals surface area contributed by atoms with Crippen LogP contribution in [0.2, 0.25) is 0 Å². The third-order valence-corrected chi connectivity index (χ3v) is 5.72. The van der Waals surface area contributed by atoms with Gasteiger partial charge >= 0.3 is 0 Å². The summed E-state index contributed by atoms with van der Waals surface area (Å²) in [6.45, 7) is 0.453. The Labute approximate surface area is 164 Å². The molecule has 1 heterocycles. The lowest BCUT2D eigenvalue weighted by molar-refractivity contribution is -0.127. The maximum absolute atomic E-state index is 12.2. The van der Waals surface area contributed by atoms with E-state index in [9.17, 15) is 4.79 Å². The number of carbonyl (C=O) groups is 1. The van der Waals surface area contributed by atoms with Gasteiger partial charge in [0, 0.05) is 19.5 Å². The molecule has 0 N–H and O–H groups in total. The molecule has 0 spiro atoms. The minimum Gasteiger partial charge on any atom is -0.344 e. The molecule has 0 radical (unpaired) electrons. The Morgan fingerprint density at radius 3 is 2.74 bits per heavy atom. The van der Waals surface area contributed by atoms with Crippen LogP contribution < -0.4 is 0 Å². The average Bonchev–Trinajstić information content (AvgIpc) is 3.16. The summed E-state index contributed by atoms with van der Waals surface area (Å²) < 4.78 is 1.95. The Morgan fingerprint density at radius 2 is 2.04 bits per heavy atom. The highest BCUT2D eigenvalue weighted by Gasteiger charge is 2.24. The van der Waals surface area contributed by atoms with E-state index in [1.807, 2.05) is 35.0 Å². The maximum atomic E-state index is 12.2. The summed E-state index contributed by atoms with van der Waals surface area (Å²) in [4.78, 5) is 18.6. The third-order valence-electron chi connectivity index (χ3n) is 4.89. The van der Waals surface area contributed by atoms with Crippen molar-refractivity contribution in [3.05, 3.63) is 36.2 Å². The summed E-state index contributed by atoms with van der Waals surface area (Å²) in [6.07, 6.45) is 6.39. The average molecular weight is 384 g/mol. The van der Waals surface area contributed by atoms with Gasteiger partial charge in [-0.3, -0.25) is 4.79 Å². The molecule has 1 aromatic carbocycles. The molecule has 0 aliphatic heterocycles. The molecule has 0 atom stereocenters. The number of thioether (sulfide) groups is 1. The first-order valence-corrected chi connectivity index (χ1v) is 10.4. The zero-order chi connectivity index (χ0) is 19.1. The number of hydrogen-bond donors (Lipinski definition) is 0. The van der Waals surface area contributed by atoms with Gasteiger partial charge in [0.1, 0.15) is 5.82 Å². The first kappa shape index (κ1) is 19.4. The highest BCUT2D eigenvalue weighted by molar-refractivity contribution is 7.99. The van der Waals surface area contributed by atoms with E-state index in [-0.39, 0.29) is 11.7 Å². The van der Waals surface area contributed by atoms with Crippen LogP contribution >= 0.6 is 11.8 Å². The van der Waals surface area contributed by atoms with E-state index in [4.69, 9.17) is 15.3 Å². The largest absolute Gasteiger partial charge is 0.344 e. The van der Waals surface area contributed by atoms with Crippen molar-refractivity contribution in [1.29, 1.82) is 5.26 Å². The van der Waals surface area contributed by atoms with Crippen molar-refractivity contribution in [3.8, 4) is 11.8 Å². The molecular weight excluding hydrogens is 358 g/mol. The Morgan fingerprint density at radius 1 is 1.30 bits per heavy atom. The molecule has 142 valence electrons. The van der Waals surface area contributed by atoms with E-state index in [1.54, 1.807) is 11.9 Å². The van der Waals surface area contributed by atoms with Gasteiger partial charge in [-0.05, 0) is 25.0 Å². The molecule has 27 heavy (non-hydrogen) atoms. The van der Waals surface area contributed by atoms with Crippen LogP contribution in [0.3, 0.4) is 0 Å². The van der Waals surface area contributed by atoms with Crippen LogP contribution in [0.15, 0.2) is 35.5 Å². The predicted molar refractivity (Wildman–Crippen MR) is 106 cm³/mol. The lowest BCUT2D eigenvalue weighted by atomic mass is 9.88. The van der Waals surface area contributed by atoms with Crippen LogP contribution in [0.25, 0.3) is 5.69 Å². The number of nitrogens with zero attached hydrogens (tertiary/aromatic N) is 5. The minimum absolute atomic E-state index is 0.00877. The van der Waals surface area contributed by atoms with Gasteiger partial charge in [0.05, 0.1) is 23.9 Å². The van der Waals surface area contributed by atoms with Gasteiger partial charge in [0.2, 0.25) is 11.1 Å². The van der Waals surface area contributed by atoms with Crippen molar-refractivity contribution in [2.24, 2.45) is 0 Å². The van der Waals surface area contributed by atoms with Crippen LogP contribution in [-0.2, 0) is 4.79 Å². The highest BCUT2D eigenvalue weighted by atomic mass is 32.2. The van der Waals surface area contributed by atoms with Gasteiger partial charge in [-0.15, -0.1) is 5.10 Å². The number of nitriles is 1. The SMILES string of the molecule is CN(CCC#N)C(=O)CSc1nc(C2CCCCC2)n(-c2ccccc2)n1. The number of amides is 1. The molecular formula is C20H25N5OS. The Kier molecular flexibility index (Phi) is 6.88. The summed E-state index contributed by atoms with van der Waals surface area (Å²) in [5, 5.41) is 14.0. The molecule has 1 aliphatic carbocycles. The van der Waals surface area contributed by atoms with E-state index in [0.717, 1.165) is 24.4 Å². The first-order chi connectivity index (χ1) is 13.2. The van der Waals surface area contributed by atoms with Crippen LogP contribution in [0.1, 0.15) is 50.3 Å². The zero-order valence-corrected chi connectivity index (χ0v) is 16.5. The number of hydrogen-bond acceptors (Lipinski definition) is 5. The van der Waals surface area contributed by atoms with E-state index in [1.165, 1.54) is 31.0 Å². The lowest BCUT2D eigenvalue weighted by Gasteiger charge is -2.21. The molecule has 1 aromatic heterocycles. The van der Waals surface area contributed by atoms with Crippen molar-refractivity contribution >= 4 is 17.7 Å². The summed E-state index contributed by atoms with van der Waals surface area (Å²) >= 11 is 1.37. The third kappa shape index (κ3) is 5.10. The van der Waals surface area contributed by atoms with Crippen molar-refractivity contribution < 1.29 is 4.79 Å². The number of benzene rings is 1. The van der Waals surface area contributed by atoms with Gasteiger partial charge in [0.25, 0.3) is 0 Å². The second kappa shape index (κ2) is 9.56. The van der Waals surface area contributed by atoms with Crippen molar-refractivity contribution in [2.75, 3.05) is 19.3 Å². The smallest absolute Gasteiger partial charge is 0.232 e. The van der Waals surface area contributed by atoms with E-state index < -0.39 is 0 Å². The van der Waals surface area contributed by atoms with Crippen LogP contribution in [0, 0.1) is 11.3 Å². The minimum atomic E-state index is -0.00877. The summed E-state index contributed by atoms with van der Waals surface area (Å²) in [5.74, 6) is 1.71. The fourth-order valence-electron chi connectivity index (χ4n) is 3.33. The van der Waals surface area contributed by atoms with Gasteiger partial charge in [-0.25, -0.2) is 9.67 Å². The fourth-order valence-corrected chi connectivity index (χ4v) is 4.10. The zero-order valence-electron chi connectivity index (χ0n) is 15.7. The van der Waals surface area contributed by atoms with Crippen molar-refractivity contribution in [1.82, 2.24) is 19.7 Å². The molecule has 1 saturated carbocycles. The summed E-state index contributed by atoms with van der Waals surface area (Å²) in [7, 11) is 1.73. The summed E-state index contributed by atoms with van der Waals surface area (Å²) in [6, 6.07) is 12.1. The predicted octanol–water partition coefficient (Wildman–Crippen LogP) is 3.78. The maximum Gasteiger partial charge on any atom is 0.232 e. The van der Waals surface area contributed by atoms with Crippen molar-refractivity contribution in [3.63, 3.8) is 0 Å². The van der Waals surface area contributed by atoms with Crippen LogP contribution in [0.5, 0.6) is 0 Å². The molecule has 1 amide bonds. The summed E-state index contributed by atoms with van der Waals surface area (Å²) in [5.41, 5.74) is 1.01. The molecule has 0 saturated heterocycles. The van der Waals surface area contributed by atoms with E-state index >= 15 is 0 Å². The molecule has 6 nitrogen and oxygen atoms in total. The standard InChI is InChI=1S/C20H25N5OS/c1-24(14-8-13-21)18(26)15-27-20-22-19(16-9-4-2-5-10-16)25(23-20)17-11-6-3-7-12-17/h3,6-7,11-12,16H,2,4-5,8-10,14-15H2,1H3.